The molecule has 1 aliphatic rings. The third-order valence-corrected chi connectivity index (χ3v) is 2.75. The monoisotopic (exact) mass is 240 g/mol. The Balaban J connectivity index is 2.09. The lowest BCUT2D eigenvalue weighted by molar-refractivity contribution is 0.0942. The van der Waals surface area contributed by atoms with E-state index in [2.05, 4.69) is 20.8 Å². The fourth-order valence-electron chi connectivity index (χ4n) is 1.80. The van der Waals surface area contributed by atoms with Gasteiger partial charge in [-0.3, -0.25) is 4.79 Å². The van der Waals surface area contributed by atoms with Gasteiger partial charge in [0, 0.05) is 12.6 Å². The number of ether oxygens (including phenoxy) is 1. The van der Waals surface area contributed by atoms with E-state index >= 15 is 0 Å². The fraction of sp³-hybridized carbons (Fsp3) is 0.700. The van der Waals surface area contributed by atoms with E-state index in [9.17, 15) is 4.79 Å². The highest BCUT2D eigenvalue weighted by Gasteiger charge is 2.33. The topological polar surface area (TPSA) is 89.3 Å². The molecule has 2 unspecified atom stereocenters. The van der Waals surface area contributed by atoms with E-state index in [1.54, 1.807) is 0 Å². The molecule has 0 aromatic carbocycles. The molecule has 7 heteroatoms. The van der Waals surface area contributed by atoms with Gasteiger partial charge in [0.2, 0.25) is 5.89 Å². The lowest BCUT2D eigenvalue weighted by Gasteiger charge is -2.11. The summed E-state index contributed by atoms with van der Waals surface area (Å²) in [5.74, 6) is 0.213. The van der Waals surface area contributed by atoms with Gasteiger partial charge in [0.25, 0.3) is 11.7 Å². The van der Waals surface area contributed by atoms with E-state index in [4.69, 9.17) is 9.26 Å². The number of nitrogens with zero attached hydrogens (tertiary/aromatic N) is 2. The molecule has 1 aromatic heterocycles. The van der Waals surface area contributed by atoms with Crippen LogP contribution >= 0.6 is 0 Å². The highest BCUT2D eigenvalue weighted by atomic mass is 16.5. The highest BCUT2D eigenvalue weighted by molar-refractivity contribution is 5.90. The molecule has 94 valence electrons. The Kier molecular flexibility index (Phi) is 3.70. The first-order valence-corrected chi connectivity index (χ1v) is 5.63. The molecule has 2 atom stereocenters. The maximum Gasteiger partial charge on any atom is 0.292 e. The Morgan fingerprint density at radius 1 is 1.53 bits per heavy atom. The van der Waals surface area contributed by atoms with Crippen LogP contribution in [0.3, 0.4) is 0 Å². The second-order valence-corrected chi connectivity index (χ2v) is 3.85. The van der Waals surface area contributed by atoms with Crippen molar-refractivity contribution in [1.29, 1.82) is 0 Å². The standard InChI is InChI=1S/C10H16N4O3/c1-3-12-9(15)8-13-10(17-14-8)6-4-16-5-7(6)11-2/h6-7,11H,3-5H2,1-2H3,(H,12,15). The average Bonchev–Trinajstić information content (AvgIpc) is 2.97. The molecule has 1 aliphatic heterocycles. The number of aromatic nitrogens is 2. The summed E-state index contributed by atoms with van der Waals surface area (Å²) in [5.41, 5.74) is 0. The normalized spacial score (nSPS) is 23.9. The Labute approximate surface area is 98.9 Å². The summed E-state index contributed by atoms with van der Waals surface area (Å²) in [5, 5.41) is 9.41. The first kappa shape index (κ1) is 12.0. The van der Waals surface area contributed by atoms with Gasteiger partial charge in [-0.05, 0) is 14.0 Å². The van der Waals surface area contributed by atoms with Crippen LogP contribution in [0.2, 0.25) is 0 Å². The number of rotatable bonds is 4. The van der Waals surface area contributed by atoms with Crippen LogP contribution in [0, 0.1) is 0 Å². The van der Waals surface area contributed by atoms with Crippen LogP contribution in [0.15, 0.2) is 4.52 Å². The predicted molar refractivity (Wildman–Crippen MR) is 58.7 cm³/mol. The molecule has 1 aromatic rings. The van der Waals surface area contributed by atoms with Crippen molar-refractivity contribution < 1.29 is 14.1 Å². The van der Waals surface area contributed by atoms with E-state index in [0.29, 0.717) is 25.6 Å². The minimum Gasteiger partial charge on any atom is -0.379 e. The zero-order valence-corrected chi connectivity index (χ0v) is 9.90. The van der Waals surface area contributed by atoms with Crippen molar-refractivity contribution in [2.24, 2.45) is 0 Å². The van der Waals surface area contributed by atoms with E-state index in [-0.39, 0.29) is 23.7 Å². The van der Waals surface area contributed by atoms with Gasteiger partial charge in [-0.2, -0.15) is 4.98 Å². The van der Waals surface area contributed by atoms with Gasteiger partial charge in [-0.1, -0.05) is 5.16 Å². The number of hydrogen-bond acceptors (Lipinski definition) is 6. The second-order valence-electron chi connectivity index (χ2n) is 3.85. The van der Waals surface area contributed by atoms with Crippen LogP contribution in [0.5, 0.6) is 0 Å². The lowest BCUT2D eigenvalue weighted by atomic mass is 10.0. The molecule has 0 spiro atoms. The van der Waals surface area contributed by atoms with Gasteiger partial charge >= 0.3 is 0 Å². The van der Waals surface area contributed by atoms with E-state index < -0.39 is 0 Å². The van der Waals surface area contributed by atoms with Crippen molar-refractivity contribution in [3.63, 3.8) is 0 Å². The van der Waals surface area contributed by atoms with Gasteiger partial charge in [-0.15, -0.1) is 0 Å². The first-order valence-electron chi connectivity index (χ1n) is 5.63. The van der Waals surface area contributed by atoms with Crippen molar-refractivity contribution in [1.82, 2.24) is 20.8 Å². The molecule has 0 aliphatic carbocycles. The molecule has 17 heavy (non-hydrogen) atoms. The summed E-state index contributed by atoms with van der Waals surface area (Å²) in [6, 6.07) is 0.150. The SMILES string of the molecule is CCNC(=O)c1noc(C2COCC2NC)n1. The highest BCUT2D eigenvalue weighted by Crippen LogP contribution is 2.23. The van der Waals surface area contributed by atoms with Crippen molar-refractivity contribution in [3.05, 3.63) is 11.7 Å². The summed E-state index contributed by atoms with van der Waals surface area (Å²) in [6.45, 7) is 3.51. The van der Waals surface area contributed by atoms with Gasteiger partial charge < -0.3 is 19.9 Å². The van der Waals surface area contributed by atoms with Crippen molar-refractivity contribution in [3.8, 4) is 0 Å². The quantitative estimate of drug-likeness (QED) is 0.739. The predicted octanol–water partition coefficient (Wildman–Crippen LogP) is -0.479. The fourth-order valence-corrected chi connectivity index (χ4v) is 1.80. The van der Waals surface area contributed by atoms with Gasteiger partial charge in [-0.25, -0.2) is 0 Å². The van der Waals surface area contributed by atoms with Crippen molar-refractivity contribution >= 4 is 5.91 Å². The summed E-state index contributed by atoms with van der Waals surface area (Å²) in [7, 11) is 1.85. The second kappa shape index (κ2) is 5.24. The molecule has 0 bridgehead atoms. The Morgan fingerprint density at radius 2 is 2.35 bits per heavy atom. The van der Waals surface area contributed by atoms with Crippen molar-refractivity contribution in [2.45, 2.75) is 18.9 Å². The summed E-state index contributed by atoms with van der Waals surface area (Å²) >= 11 is 0. The molecule has 2 rings (SSSR count). The number of hydrogen-bond donors (Lipinski definition) is 2. The van der Waals surface area contributed by atoms with Crippen LogP contribution in [0.1, 0.15) is 29.4 Å². The maximum absolute atomic E-state index is 11.5. The van der Waals surface area contributed by atoms with Crippen LogP contribution in [-0.4, -0.2) is 48.9 Å². The molecular weight excluding hydrogens is 224 g/mol. The zero-order chi connectivity index (χ0) is 12.3. The Bertz CT molecular complexity index is 393. The minimum atomic E-state index is -0.317. The largest absolute Gasteiger partial charge is 0.379 e. The number of amides is 1. The Morgan fingerprint density at radius 3 is 3.06 bits per heavy atom. The number of carbonyl (C=O) groups is 1. The maximum atomic E-state index is 11.5. The number of carbonyl (C=O) groups excluding carboxylic acids is 1. The zero-order valence-electron chi connectivity index (χ0n) is 9.90. The van der Waals surface area contributed by atoms with Gasteiger partial charge in [0.1, 0.15) is 0 Å². The molecule has 1 amide bonds. The third-order valence-electron chi connectivity index (χ3n) is 2.75. The van der Waals surface area contributed by atoms with Crippen LogP contribution < -0.4 is 10.6 Å². The molecule has 0 radical (unpaired) electrons. The van der Waals surface area contributed by atoms with Crippen LogP contribution in [0.4, 0.5) is 0 Å². The number of nitrogens with one attached hydrogen (secondary N) is 2. The van der Waals surface area contributed by atoms with E-state index in [1.807, 2.05) is 14.0 Å². The molecule has 0 saturated carbocycles. The molecule has 7 nitrogen and oxygen atoms in total. The summed E-state index contributed by atoms with van der Waals surface area (Å²) in [4.78, 5) is 15.6. The van der Waals surface area contributed by atoms with E-state index in [0.717, 1.165) is 0 Å². The molecular formula is C10H16N4O3. The Hall–Kier alpha value is -1.47. The van der Waals surface area contributed by atoms with Gasteiger partial charge in [0.15, 0.2) is 0 Å². The van der Waals surface area contributed by atoms with Crippen LogP contribution in [0.25, 0.3) is 0 Å². The third kappa shape index (κ3) is 2.45. The average molecular weight is 240 g/mol. The van der Waals surface area contributed by atoms with E-state index in [1.165, 1.54) is 0 Å². The first-order chi connectivity index (χ1) is 8.26. The lowest BCUT2D eigenvalue weighted by Crippen LogP contribution is -2.31. The molecule has 2 N–H and O–H groups in total. The van der Waals surface area contributed by atoms with Crippen LogP contribution in [-0.2, 0) is 4.74 Å². The van der Waals surface area contributed by atoms with Gasteiger partial charge in [0.05, 0.1) is 19.1 Å². The summed E-state index contributed by atoms with van der Waals surface area (Å²) in [6.07, 6.45) is 0. The summed E-state index contributed by atoms with van der Waals surface area (Å²) < 4.78 is 10.4. The smallest absolute Gasteiger partial charge is 0.292 e. The molecule has 1 saturated heterocycles. The minimum absolute atomic E-state index is 0.00989. The molecule has 1 fully saturated rings. The molecule has 2 heterocycles. The van der Waals surface area contributed by atoms with Crippen molar-refractivity contribution in [2.75, 3.05) is 26.8 Å². The number of likely N-dealkylation sites (N-methyl/N-ethyl adjacent to an activating group) is 1.